The van der Waals surface area contributed by atoms with Crippen molar-refractivity contribution < 1.29 is 14.6 Å². The molecule has 6 heteroatoms. The van der Waals surface area contributed by atoms with Crippen LogP contribution in [0.5, 0.6) is 11.5 Å². The number of carbonyl (C=O) groups excluding carboxylic acids is 1. The molecule has 0 spiro atoms. The molecule has 0 saturated carbocycles. The Morgan fingerprint density at radius 1 is 1.38 bits per heavy atom. The summed E-state index contributed by atoms with van der Waals surface area (Å²) in [6, 6.07) is 9.90. The molecule has 21 heavy (non-hydrogen) atoms. The lowest BCUT2D eigenvalue weighted by atomic mass is 10.1. The molecular weight excluding hydrogens is 358 g/mol. The van der Waals surface area contributed by atoms with E-state index in [9.17, 15) is 9.90 Å². The Kier molecular flexibility index (Phi) is 5.09. The molecule has 0 saturated heterocycles. The number of phenolic OH excluding ortho intramolecular Hbond substituents is 1. The summed E-state index contributed by atoms with van der Waals surface area (Å²) in [6.45, 7) is 0.235. The molecule has 0 fully saturated rings. The highest BCUT2D eigenvalue weighted by molar-refractivity contribution is 9.10. The molecule has 1 amide bonds. The quantitative estimate of drug-likeness (QED) is 0.862. The zero-order valence-electron chi connectivity index (χ0n) is 11.2. The van der Waals surface area contributed by atoms with E-state index in [1.54, 1.807) is 37.4 Å². The SMILES string of the molecule is COc1cccc(Cl)c1CNC(=O)c1ccc(Br)c(O)c1. The second kappa shape index (κ2) is 6.83. The van der Waals surface area contributed by atoms with Gasteiger partial charge in [-0.2, -0.15) is 0 Å². The first-order valence-corrected chi connectivity index (χ1v) is 7.28. The molecule has 2 aromatic rings. The summed E-state index contributed by atoms with van der Waals surface area (Å²) in [6.07, 6.45) is 0. The summed E-state index contributed by atoms with van der Waals surface area (Å²) in [7, 11) is 1.55. The Bertz CT molecular complexity index is 676. The highest BCUT2D eigenvalue weighted by Gasteiger charge is 2.11. The Morgan fingerprint density at radius 2 is 2.14 bits per heavy atom. The maximum atomic E-state index is 12.1. The van der Waals surface area contributed by atoms with Crippen LogP contribution in [0, 0.1) is 0 Å². The van der Waals surface area contributed by atoms with Gasteiger partial charge in [0.2, 0.25) is 0 Å². The number of hydrogen-bond acceptors (Lipinski definition) is 3. The number of hydrogen-bond donors (Lipinski definition) is 2. The van der Waals surface area contributed by atoms with Gasteiger partial charge in [0, 0.05) is 22.7 Å². The van der Waals surface area contributed by atoms with Crippen molar-refractivity contribution in [1.82, 2.24) is 5.32 Å². The molecule has 0 aromatic heterocycles. The van der Waals surface area contributed by atoms with E-state index in [-0.39, 0.29) is 18.2 Å². The highest BCUT2D eigenvalue weighted by Crippen LogP contribution is 2.27. The minimum atomic E-state index is -0.306. The number of carbonyl (C=O) groups is 1. The van der Waals surface area contributed by atoms with Crippen LogP contribution >= 0.6 is 27.5 Å². The highest BCUT2D eigenvalue weighted by atomic mass is 79.9. The fourth-order valence-corrected chi connectivity index (χ4v) is 2.31. The number of amides is 1. The van der Waals surface area contributed by atoms with Crippen molar-refractivity contribution in [2.45, 2.75) is 6.54 Å². The van der Waals surface area contributed by atoms with Gasteiger partial charge in [-0.05, 0) is 46.3 Å². The van der Waals surface area contributed by atoms with Crippen molar-refractivity contribution in [3.05, 3.63) is 57.0 Å². The molecule has 110 valence electrons. The number of methoxy groups -OCH3 is 1. The molecular formula is C15H13BrClNO3. The molecule has 4 nitrogen and oxygen atoms in total. The monoisotopic (exact) mass is 369 g/mol. The minimum Gasteiger partial charge on any atom is -0.507 e. The topological polar surface area (TPSA) is 58.6 Å². The lowest BCUT2D eigenvalue weighted by Crippen LogP contribution is -2.23. The summed E-state index contributed by atoms with van der Waals surface area (Å²) in [5.41, 5.74) is 1.07. The Labute approximate surface area is 135 Å². The van der Waals surface area contributed by atoms with Crippen LogP contribution in [0.4, 0.5) is 0 Å². The standard InChI is InChI=1S/C15H13BrClNO3/c1-21-14-4-2-3-12(17)10(14)8-18-15(20)9-5-6-11(16)13(19)7-9/h2-7,19H,8H2,1H3,(H,18,20). The Balaban J connectivity index is 2.13. The maximum Gasteiger partial charge on any atom is 0.251 e. The molecule has 0 aliphatic carbocycles. The van der Waals surface area contributed by atoms with Crippen molar-refractivity contribution in [3.8, 4) is 11.5 Å². The van der Waals surface area contributed by atoms with E-state index < -0.39 is 0 Å². The van der Waals surface area contributed by atoms with Gasteiger partial charge in [-0.15, -0.1) is 0 Å². The number of halogens is 2. The van der Waals surface area contributed by atoms with E-state index >= 15 is 0 Å². The zero-order chi connectivity index (χ0) is 15.4. The van der Waals surface area contributed by atoms with Crippen molar-refractivity contribution in [2.75, 3.05) is 7.11 Å². The first kappa shape index (κ1) is 15.7. The number of phenols is 1. The van der Waals surface area contributed by atoms with Gasteiger partial charge in [-0.3, -0.25) is 4.79 Å². The van der Waals surface area contributed by atoms with Gasteiger partial charge in [0.25, 0.3) is 5.91 Å². The van der Waals surface area contributed by atoms with Gasteiger partial charge < -0.3 is 15.2 Å². The number of ether oxygens (including phenoxy) is 1. The van der Waals surface area contributed by atoms with Crippen molar-refractivity contribution in [1.29, 1.82) is 0 Å². The Hall–Kier alpha value is -1.72. The smallest absolute Gasteiger partial charge is 0.251 e. The van der Waals surface area contributed by atoms with E-state index in [1.165, 1.54) is 6.07 Å². The van der Waals surface area contributed by atoms with Crippen LogP contribution in [0.3, 0.4) is 0 Å². The molecule has 2 aromatic carbocycles. The second-order valence-corrected chi connectivity index (χ2v) is 5.53. The van der Waals surface area contributed by atoms with Crippen molar-refractivity contribution in [2.24, 2.45) is 0 Å². The zero-order valence-corrected chi connectivity index (χ0v) is 13.5. The van der Waals surface area contributed by atoms with Crippen LogP contribution in [-0.4, -0.2) is 18.1 Å². The largest absolute Gasteiger partial charge is 0.507 e. The molecule has 0 atom stereocenters. The molecule has 0 radical (unpaired) electrons. The van der Waals surface area contributed by atoms with Crippen molar-refractivity contribution in [3.63, 3.8) is 0 Å². The number of nitrogens with one attached hydrogen (secondary N) is 1. The van der Waals surface area contributed by atoms with Crippen molar-refractivity contribution >= 4 is 33.4 Å². The number of benzene rings is 2. The number of aromatic hydroxyl groups is 1. The molecule has 0 heterocycles. The predicted molar refractivity (Wildman–Crippen MR) is 85.0 cm³/mol. The van der Waals surface area contributed by atoms with Crippen LogP contribution in [-0.2, 0) is 6.54 Å². The van der Waals surface area contributed by atoms with E-state index in [4.69, 9.17) is 16.3 Å². The fraction of sp³-hybridized carbons (Fsp3) is 0.133. The Morgan fingerprint density at radius 3 is 2.81 bits per heavy atom. The summed E-state index contributed by atoms with van der Waals surface area (Å²) in [5.74, 6) is 0.319. The summed E-state index contributed by atoms with van der Waals surface area (Å²) in [4.78, 5) is 12.1. The molecule has 2 N–H and O–H groups in total. The molecule has 0 bridgehead atoms. The third-order valence-corrected chi connectivity index (χ3v) is 3.95. The number of rotatable bonds is 4. The first-order valence-electron chi connectivity index (χ1n) is 6.11. The molecule has 0 aliphatic heterocycles. The van der Waals surface area contributed by atoms with Gasteiger partial charge in [-0.25, -0.2) is 0 Å². The van der Waals surface area contributed by atoms with Gasteiger partial charge in [0.05, 0.1) is 11.6 Å². The van der Waals surface area contributed by atoms with E-state index in [2.05, 4.69) is 21.2 Å². The molecule has 0 aliphatic rings. The van der Waals surface area contributed by atoms with E-state index in [0.717, 1.165) is 0 Å². The molecule has 0 unspecified atom stereocenters. The maximum absolute atomic E-state index is 12.1. The van der Waals surface area contributed by atoms with Crippen LogP contribution < -0.4 is 10.1 Å². The van der Waals surface area contributed by atoms with Crippen LogP contribution in [0.25, 0.3) is 0 Å². The lowest BCUT2D eigenvalue weighted by molar-refractivity contribution is 0.0950. The first-order chi connectivity index (χ1) is 10.0. The van der Waals surface area contributed by atoms with Gasteiger partial charge in [0.1, 0.15) is 11.5 Å². The predicted octanol–water partition coefficient (Wildman–Crippen LogP) is 3.75. The van der Waals surface area contributed by atoms with Crippen LogP contribution in [0.2, 0.25) is 5.02 Å². The lowest BCUT2D eigenvalue weighted by Gasteiger charge is -2.11. The van der Waals surface area contributed by atoms with Gasteiger partial charge in [-0.1, -0.05) is 17.7 Å². The summed E-state index contributed by atoms with van der Waals surface area (Å²) < 4.78 is 5.75. The summed E-state index contributed by atoms with van der Waals surface area (Å²) in [5, 5.41) is 12.9. The molecule has 2 rings (SSSR count). The van der Waals surface area contributed by atoms with E-state index in [1.807, 2.05) is 0 Å². The minimum absolute atomic E-state index is 0.0120. The fourth-order valence-electron chi connectivity index (χ4n) is 1.83. The summed E-state index contributed by atoms with van der Waals surface area (Å²) >= 11 is 9.27. The van der Waals surface area contributed by atoms with Crippen LogP contribution in [0.15, 0.2) is 40.9 Å². The normalized spacial score (nSPS) is 10.2. The van der Waals surface area contributed by atoms with Gasteiger partial charge in [0.15, 0.2) is 0 Å². The second-order valence-electron chi connectivity index (χ2n) is 4.27. The average molecular weight is 371 g/mol. The third kappa shape index (κ3) is 3.68. The van der Waals surface area contributed by atoms with Gasteiger partial charge >= 0.3 is 0 Å². The average Bonchev–Trinajstić information content (AvgIpc) is 2.48. The van der Waals surface area contributed by atoms with Crippen LogP contribution in [0.1, 0.15) is 15.9 Å². The van der Waals surface area contributed by atoms with E-state index in [0.29, 0.717) is 26.4 Å². The third-order valence-electron chi connectivity index (χ3n) is 2.93.